The van der Waals surface area contributed by atoms with Gasteiger partial charge in [-0.25, -0.2) is 4.39 Å². The van der Waals surface area contributed by atoms with Crippen LogP contribution < -0.4 is 5.32 Å². The molecule has 1 aromatic heterocycles. The Balaban J connectivity index is 0.00000225. The maximum absolute atomic E-state index is 14.6. The Bertz CT molecular complexity index is 701. The van der Waals surface area contributed by atoms with Gasteiger partial charge in [0.25, 0.3) is 0 Å². The summed E-state index contributed by atoms with van der Waals surface area (Å²) in [6, 6.07) is 4.57. The molecule has 9 heteroatoms. The third-order valence-corrected chi connectivity index (χ3v) is 5.21. The van der Waals surface area contributed by atoms with Crippen molar-refractivity contribution in [3.63, 3.8) is 0 Å². The molecule has 0 spiro atoms. The third kappa shape index (κ3) is 4.46. The molecule has 0 amide bonds. The highest BCUT2D eigenvalue weighted by molar-refractivity contribution is 7.10. The normalized spacial score (nSPS) is 17.2. The lowest BCUT2D eigenvalue weighted by Gasteiger charge is -2.35. The Morgan fingerprint density at radius 3 is 2.44 bits per heavy atom. The molecule has 0 bridgehead atoms. The van der Waals surface area contributed by atoms with Crippen molar-refractivity contribution in [1.82, 2.24) is 10.2 Å². The Morgan fingerprint density at radius 1 is 1.20 bits per heavy atom. The van der Waals surface area contributed by atoms with Crippen molar-refractivity contribution in [3.8, 4) is 0 Å². The van der Waals surface area contributed by atoms with Gasteiger partial charge >= 0.3 is 6.18 Å². The minimum Gasteiger partial charge on any atom is -0.314 e. The van der Waals surface area contributed by atoms with Crippen LogP contribution in [0.4, 0.5) is 17.6 Å². The van der Waals surface area contributed by atoms with Crippen LogP contribution in [-0.2, 0) is 6.18 Å². The Morgan fingerprint density at radius 2 is 1.88 bits per heavy atom. The Kier molecular flexibility index (Phi) is 6.73. The predicted octanol–water partition coefficient (Wildman–Crippen LogP) is 4.98. The van der Waals surface area contributed by atoms with Crippen LogP contribution in [0.3, 0.4) is 0 Å². The summed E-state index contributed by atoms with van der Waals surface area (Å²) in [6.07, 6.45) is -4.57. The molecular formula is C16H16Cl2F4N2S. The summed E-state index contributed by atoms with van der Waals surface area (Å²) in [5.74, 6) is -0.790. The molecule has 0 unspecified atom stereocenters. The highest BCUT2D eigenvalue weighted by Crippen LogP contribution is 2.39. The number of piperazine rings is 1. The lowest BCUT2D eigenvalue weighted by molar-refractivity contribution is -0.137. The molecule has 2 nitrogen and oxygen atoms in total. The number of alkyl halides is 3. The first kappa shape index (κ1) is 20.5. The second-order valence-electron chi connectivity index (χ2n) is 5.56. The van der Waals surface area contributed by atoms with Crippen molar-refractivity contribution in [2.45, 2.75) is 12.2 Å². The van der Waals surface area contributed by atoms with Gasteiger partial charge in [0, 0.05) is 36.6 Å². The largest absolute Gasteiger partial charge is 0.416 e. The SMILES string of the molecule is Cl.Fc1c(Cl)cc(C(F)(F)F)cc1[C@@H](c1cccs1)N1CCNCC1. The fourth-order valence-corrected chi connectivity index (χ4v) is 3.99. The van der Waals surface area contributed by atoms with E-state index >= 15 is 0 Å². The van der Waals surface area contributed by atoms with Crippen molar-refractivity contribution in [1.29, 1.82) is 0 Å². The van der Waals surface area contributed by atoms with E-state index in [1.807, 2.05) is 22.4 Å². The van der Waals surface area contributed by atoms with E-state index in [0.29, 0.717) is 32.2 Å². The first-order valence-corrected chi connectivity index (χ1v) is 8.68. The first-order chi connectivity index (χ1) is 11.4. The van der Waals surface area contributed by atoms with Gasteiger partial charge in [-0.15, -0.1) is 23.7 Å². The molecule has 1 saturated heterocycles. The van der Waals surface area contributed by atoms with E-state index in [4.69, 9.17) is 11.6 Å². The quantitative estimate of drug-likeness (QED) is 0.712. The molecule has 25 heavy (non-hydrogen) atoms. The maximum atomic E-state index is 14.6. The molecular weight excluding hydrogens is 399 g/mol. The topological polar surface area (TPSA) is 15.3 Å². The molecule has 0 aliphatic carbocycles. The van der Waals surface area contributed by atoms with Gasteiger partial charge in [0.2, 0.25) is 0 Å². The second-order valence-corrected chi connectivity index (χ2v) is 6.95. The van der Waals surface area contributed by atoms with Gasteiger partial charge in [-0.05, 0) is 23.6 Å². The van der Waals surface area contributed by atoms with E-state index in [9.17, 15) is 17.6 Å². The van der Waals surface area contributed by atoms with Gasteiger partial charge in [-0.1, -0.05) is 17.7 Å². The molecule has 2 heterocycles. The van der Waals surface area contributed by atoms with Crippen LogP contribution in [0.5, 0.6) is 0 Å². The van der Waals surface area contributed by atoms with Crippen molar-refractivity contribution >= 4 is 35.3 Å². The number of hydrogen-bond acceptors (Lipinski definition) is 3. The molecule has 3 rings (SSSR count). The van der Waals surface area contributed by atoms with Crippen LogP contribution in [0, 0.1) is 5.82 Å². The molecule has 2 aromatic rings. The van der Waals surface area contributed by atoms with Gasteiger partial charge in [0.15, 0.2) is 0 Å². The summed E-state index contributed by atoms with van der Waals surface area (Å²) >= 11 is 7.16. The molecule has 1 atom stereocenters. The lowest BCUT2D eigenvalue weighted by atomic mass is 9.99. The van der Waals surface area contributed by atoms with Crippen LogP contribution >= 0.6 is 35.3 Å². The minimum atomic E-state index is -4.57. The van der Waals surface area contributed by atoms with E-state index in [2.05, 4.69) is 5.32 Å². The number of benzene rings is 1. The van der Waals surface area contributed by atoms with Crippen LogP contribution in [0.15, 0.2) is 29.6 Å². The zero-order valence-electron chi connectivity index (χ0n) is 12.9. The smallest absolute Gasteiger partial charge is 0.314 e. The molecule has 1 aromatic carbocycles. The van der Waals surface area contributed by atoms with Gasteiger partial charge in [0.1, 0.15) is 5.82 Å². The number of rotatable bonds is 3. The first-order valence-electron chi connectivity index (χ1n) is 7.42. The summed E-state index contributed by atoms with van der Waals surface area (Å²) in [6.45, 7) is 2.65. The second kappa shape index (κ2) is 8.22. The monoisotopic (exact) mass is 414 g/mol. The summed E-state index contributed by atoms with van der Waals surface area (Å²) in [4.78, 5) is 2.78. The zero-order chi connectivity index (χ0) is 17.3. The summed E-state index contributed by atoms with van der Waals surface area (Å²) in [5.41, 5.74) is -0.959. The van der Waals surface area contributed by atoms with Gasteiger partial charge in [-0.2, -0.15) is 13.2 Å². The number of hydrogen-bond donors (Lipinski definition) is 1. The number of thiophene rings is 1. The molecule has 0 radical (unpaired) electrons. The summed E-state index contributed by atoms with van der Waals surface area (Å²) in [5, 5.41) is 4.52. The average Bonchev–Trinajstić information content (AvgIpc) is 3.05. The summed E-state index contributed by atoms with van der Waals surface area (Å²) in [7, 11) is 0. The van der Waals surface area contributed by atoms with Gasteiger partial charge < -0.3 is 5.32 Å². The van der Waals surface area contributed by atoms with Crippen LogP contribution in [0.2, 0.25) is 5.02 Å². The fourth-order valence-electron chi connectivity index (χ4n) is 2.89. The number of nitrogens with one attached hydrogen (secondary N) is 1. The van der Waals surface area contributed by atoms with E-state index in [0.717, 1.165) is 10.9 Å². The number of nitrogens with zero attached hydrogens (tertiary/aromatic N) is 1. The minimum absolute atomic E-state index is 0. The number of halogens is 6. The van der Waals surface area contributed by atoms with Crippen LogP contribution in [-0.4, -0.2) is 31.1 Å². The van der Waals surface area contributed by atoms with E-state index < -0.39 is 28.6 Å². The summed E-state index contributed by atoms with van der Waals surface area (Å²) < 4.78 is 54.0. The molecule has 1 N–H and O–H groups in total. The van der Waals surface area contributed by atoms with E-state index in [1.165, 1.54) is 11.3 Å². The van der Waals surface area contributed by atoms with E-state index in [1.54, 1.807) is 0 Å². The van der Waals surface area contributed by atoms with Gasteiger partial charge in [0.05, 0.1) is 16.6 Å². The van der Waals surface area contributed by atoms with Crippen LogP contribution in [0.1, 0.15) is 22.0 Å². The standard InChI is InChI=1S/C16H15ClF4N2S.ClH/c17-12-9-10(16(19,20)21)8-11(14(12)18)15(13-2-1-7-24-13)23-5-3-22-4-6-23;/h1-2,7-9,15,22H,3-6H2;1H/t15-;/m0./s1. The lowest BCUT2D eigenvalue weighted by Crippen LogP contribution is -2.45. The van der Waals surface area contributed by atoms with Crippen molar-refractivity contribution < 1.29 is 17.6 Å². The zero-order valence-corrected chi connectivity index (χ0v) is 15.3. The molecule has 0 saturated carbocycles. The molecule has 1 fully saturated rings. The molecule has 138 valence electrons. The van der Waals surface area contributed by atoms with E-state index in [-0.39, 0.29) is 18.0 Å². The van der Waals surface area contributed by atoms with Gasteiger partial charge in [-0.3, -0.25) is 4.90 Å². The highest BCUT2D eigenvalue weighted by atomic mass is 35.5. The maximum Gasteiger partial charge on any atom is 0.416 e. The predicted molar refractivity (Wildman–Crippen MR) is 94.3 cm³/mol. The van der Waals surface area contributed by atoms with Crippen molar-refractivity contribution in [3.05, 3.63) is 56.5 Å². The highest BCUT2D eigenvalue weighted by Gasteiger charge is 2.35. The van der Waals surface area contributed by atoms with Crippen molar-refractivity contribution in [2.75, 3.05) is 26.2 Å². The fraction of sp³-hybridized carbons (Fsp3) is 0.375. The Hall–Kier alpha value is -0.860. The average molecular weight is 415 g/mol. The van der Waals surface area contributed by atoms with Crippen LogP contribution in [0.25, 0.3) is 0 Å². The molecule has 1 aliphatic heterocycles. The third-order valence-electron chi connectivity index (χ3n) is 4.01. The Labute approximate surface area is 158 Å². The molecule has 1 aliphatic rings. The van der Waals surface area contributed by atoms with Crippen molar-refractivity contribution in [2.24, 2.45) is 0 Å².